The lowest BCUT2D eigenvalue weighted by atomic mass is 9.84. The molecule has 106 valence electrons. The molecule has 6 nitrogen and oxygen atoms in total. The molecule has 0 unspecified atom stereocenters. The molecule has 0 saturated carbocycles. The van der Waals surface area contributed by atoms with E-state index in [1.165, 1.54) is 12.1 Å². The number of hydrogen-bond donors (Lipinski definition) is 1. The number of carbonyl (C=O) groups excluding carboxylic acids is 1. The lowest BCUT2D eigenvalue weighted by Crippen LogP contribution is -2.38. The van der Waals surface area contributed by atoms with E-state index in [0.717, 1.165) is 18.2 Å². The van der Waals surface area contributed by atoms with Gasteiger partial charge < -0.3 is 9.73 Å². The fraction of sp³-hybridized carbons (Fsp3) is 0.583. The molecular weight excluding hydrogens is 316 g/mol. The van der Waals surface area contributed by atoms with Crippen LogP contribution in [0.1, 0.15) is 37.2 Å². The molecule has 1 aromatic heterocycles. The Labute approximate surface area is 119 Å². The summed E-state index contributed by atoms with van der Waals surface area (Å²) < 4.78 is 4.85. The molecule has 7 heteroatoms. The molecule has 1 heterocycles. The minimum absolute atomic E-state index is 0.00577. The number of carbonyl (C=O) groups is 1. The molecule has 0 bridgehead atoms. The number of hydrogen-bond acceptors (Lipinski definition) is 4. The molecule has 0 atom stereocenters. The van der Waals surface area contributed by atoms with E-state index < -0.39 is 16.7 Å². The van der Waals surface area contributed by atoms with E-state index >= 15 is 0 Å². The summed E-state index contributed by atoms with van der Waals surface area (Å²) in [5, 5.41) is 14.0. The van der Waals surface area contributed by atoms with Crippen molar-refractivity contribution in [3.8, 4) is 0 Å². The van der Waals surface area contributed by atoms with Gasteiger partial charge in [0.1, 0.15) is 4.92 Å². The normalized spacial score (nSPS) is 11.3. The molecule has 19 heavy (non-hydrogen) atoms. The second-order valence-electron chi connectivity index (χ2n) is 4.42. The lowest BCUT2D eigenvalue weighted by molar-refractivity contribution is -0.402. The highest BCUT2D eigenvalue weighted by Gasteiger charge is 2.26. The molecular formula is C12H17BrN2O4. The Hall–Kier alpha value is -1.37. The number of nitrogens with one attached hydrogen (secondary N) is 1. The van der Waals surface area contributed by atoms with Crippen LogP contribution in [-0.2, 0) is 0 Å². The van der Waals surface area contributed by atoms with Crippen molar-refractivity contribution >= 4 is 27.7 Å². The monoisotopic (exact) mass is 332 g/mol. The minimum Gasteiger partial charge on any atom is -0.395 e. The van der Waals surface area contributed by atoms with Crippen molar-refractivity contribution in [3.63, 3.8) is 0 Å². The maximum atomic E-state index is 11.8. The van der Waals surface area contributed by atoms with Crippen LogP contribution in [0.15, 0.2) is 16.5 Å². The summed E-state index contributed by atoms with van der Waals surface area (Å²) in [4.78, 5) is 21.6. The number of halogens is 1. The van der Waals surface area contributed by atoms with Crippen LogP contribution in [0.4, 0.5) is 5.88 Å². The van der Waals surface area contributed by atoms with Crippen LogP contribution in [0.2, 0.25) is 0 Å². The average Bonchev–Trinajstić information content (AvgIpc) is 2.90. The van der Waals surface area contributed by atoms with Crippen molar-refractivity contribution in [2.45, 2.75) is 26.7 Å². The smallest absolute Gasteiger partial charge is 0.395 e. The fourth-order valence-corrected chi connectivity index (χ4v) is 2.63. The second kappa shape index (κ2) is 6.70. The van der Waals surface area contributed by atoms with E-state index in [9.17, 15) is 14.9 Å². The Morgan fingerprint density at radius 1 is 1.47 bits per heavy atom. The van der Waals surface area contributed by atoms with Crippen molar-refractivity contribution in [1.29, 1.82) is 0 Å². The summed E-state index contributed by atoms with van der Waals surface area (Å²) in [5.74, 6) is -0.898. The van der Waals surface area contributed by atoms with E-state index in [1.807, 2.05) is 0 Å². The first kappa shape index (κ1) is 15.7. The largest absolute Gasteiger partial charge is 0.433 e. The molecule has 0 saturated heterocycles. The summed E-state index contributed by atoms with van der Waals surface area (Å²) in [7, 11) is 0. The van der Waals surface area contributed by atoms with Crippen molar-refractivity contribution in [1.82, 2.24) is 5.32 Å². The van der Waals surface area contributed by atoms with Crippen LogP contribution in [0.25, 0.3) is 0 Å². The molecule has 1 aromatic rings. The van der Waals surface area contributed by atoms with Crippen LogP contribution in [0.3, 0.4) is 0 Å². The Morgan fingerprint density at radius 2 is 2.11 bits per heavy atom. The lowest BCUT2D eigenvalue weighted by Gasteiger charge is -2.29. The van der Waals surface area contributed by atoms with Gasteiger partial charge in [-0.15, -0.1) is 0 Å². The summed E-state index contributed by atoms with van der Waals surface area (Å²) in [6.45, 7) is 4.63. The Kier molecular flexibility index (Phi) is 5.53. The number of alkyl halides is 1. The Balaban J connectivity index is 2.66. The SMILES string of the molecule is CCC(CC)(CBr)CNC(=O)c1ccc([N+](=O)[O-])o1. The zero-order valence-corrected chi connectivity index (χ0v) is 12.5. The highest BCUT2D eigenvalue weighted by Crippen LogP contribution is 2.28. The van der Waals surface area contributed by atoms with Crippen molar-refractivity contribution in [2.75, 3.05) is 11.9 Å². The first-order valence-electron chi connectivity index (χ1n) is 6.06. The Bertz CT molecular complexity index is 446. The predicted molar refractivity (Wildman–Crippen MR) is 74.5 cm³/mol. The number of amides is 1. The molecule has 0 spiro atoms. The van der Waals surface area contributed by atoms with Gasteiger partial charge in [-0.1, -0.05) is 29.8 Å². The van der Waals surface area contributed by atoms with E-state index in [2.05, 4.69) is 35.1 Å². The van der Waals surface area contributed by atoms with Crippen LogP contribution < -0.4 is 5.32 Å². The van der Waals surface area contributed by atoms with Gasteiger partial charge in [0.15, 0.2) is 5.76 Å². The zero-order chi connectivity index (χ0) is 14.5. The van der Waals surface area contributed by atoms with Gasteiger partial charge in [0.25, 0.3) is 5.91 Å². The topological polar surface area (TPSA) is 85.4 Å². The maximum Gasteiger partial charge on any atom is 0.433 e. The third-order valence-electron chi connectivity index (χ3n) is 3.40. The number of nitrogens with zero attached hydrogens (tertiary/aromatic N) is 1. The molecule has 1 amide bonds. The van der Waals surface area contributed by atoms with E-state index in [0.29, 0.717) is 6.54 Å². The van der Waals surface area contributed by atoms with Crippen LogP contribution in [-0.4, -0.2) is 22.7 Å². The molecule has 0 aliphatic carbocycles. The van der Waals surface area contributed by atoms with E-state index in [-0.39, 0.29) is 11.2 Å². The Morgan fingerprint density at radius 3 is 2.53 bits per heavy atom. The van der Waals surface area contributed by atoms with Crippen LogP contribution >= 0.6 is 15.9 Å². The van der Waals surface area contributed by atoms with Gasteiger partial charge >= 0.3 is 5.88 Å². The van der Waals surface area contributed by atoms with Gasteiger partial charge in [-0.3, -0.25) is 14.9 Å². The molecule has 0 fully saturated rings. The molecule has 0 radical (unpaired) electrons. The van der Waals surface area contributed by atoms with Crippen molar-refractivity contribution < 1.29 is 14.1 Å². The summed E-state index contributed by atoms with van der Waals surface area (Å²) in [6.07, 6.45) is 1.85. The molecule has 0 aliphatic heterocycles. The van der Waals surface area contributed by atoms with Crippen LogP contribution in [0.5, 0.6) is 0 Å². The van der Waals surface area contributed by atoms with Gasteiger partial charge in [-0.05, 0) is 24.3 Å². The van der Waals surface area contributed by atoms with Gasteiger partial charge in [-0.2, -0.15) is 0 Å². The molecule has 0 aliphatic rings. The zero-order valence-electron chi connectivity index (χ0n) is 10.9. The first-order chi connectivity index (χ1) is 8.98. The fourth-order valence-electron chi connectivity index (χ4n) is 1.64. The van der Waals surface area contributed by atoms with Gasteiger partial charge in [0.2, 0.25) is 0 Å². The molecule has 1 N–H and O–H groups in total. The summed E-state index contributed by atoms with van der Waals surface area (Å²) in [5.41, 5.74) is -0.00577. The average molecular weight is 333 g/mol. The van der Waals surface area contributed by atoms with Gasteiger partial charge in [-0.25, -0.2) is 0 Å². The predicted octanol–water partition coefficient (Wildman–Crippen LogP) is 3.12. The summed E-state index contributed by atoms with van der Waals surface area (Å²) >= 11 is 3.46. The molecule has 1 rings (SSSR count). The van der Waals surface area contributed by atoms with E-state index in [1.54, 1.807) is 0 Å². The van der Waals surface area contributed by atoms with Gasteiger partial charge in [0.05, 0.1) is 6.07 Å². The van der Waals surface area contributed by atoms with Crippen LogP contribution in [0, 0.1) is 15.5 Å². The minimum atomic E-state index is -0.669. The standard InChI is InChI=1S/C12H17BrN2O4/c1-3-12(4-2,7-13)8-14-11(16)9-5-6-10(19-9)15(17)18/h5-6H,3-4,7-8H2,1-2H3,(H,14,16). The maximum absolute atomic E-state index is 11.8. The highest BCUT2D eigenvalue weighted by atomic mass is 79.9. The van der Waals surface area contributed by atoms with Gasteiger partial charge in [0, 0.05) is 11.9 Å². The van der Waals surface area contributed by atoms with E-state index in [4.69, 9.17) is 4.42 Å². The molecule has 0 aromatic carbocycles. The number of furan rings is 1. The third kappa shape index (κ3) is 3.79. The quantitative estimate of drug-likeness (QED) is 0.472. The highest BCUT2D eigenvalue weighted by molar-refractivity contribution is 9.09. The third-order valence-corrected chi connectivity index (χ3v) is 4.59. The number of rotatable bonds is 7. The second-order valence-corrected chi connectivity index (χ2v) is 4.98. The van der Waals surface area contributed by atoms with Crippen molar-refractivity contribution in [3.05, 3.63) is 28.0 Å². The number of nitro groups is 1. The first-order valence-corrected chi connectivity index (χ1v) is 7.18. The summed E-state index contributed by atoms with van der Waals surface area (Å²) in [6, 6.07) is 2.48. The van der Waals surface area contributed by atoms with Crippen molar-refractivity contribution in [2.24, 2.45) is 5.41 Å².